The van der Waals surface area contributed by atoms with Crippen LogP contribution >= 0.6 is 0 Å². The van der Waals surface area contributed by atoms with Gasteiger partial charge in [0.1, 0.15) is 11.1 Å². The van der Waals surface area contributed by atoms with E-state index in [1.54, 1.807) is 0 Å². The molecule has 0 amide bonds. The van der Waals surface area contributed by atoms with Gasteiger partial charge in [0.15, 0.2) is 5.58 Å². The zero-order valence-corrected chi connectivity index (χ0v) is 27.4. The quantitative estimate of drug-likeness (QED) is 0.190. The molecule has 0 aliphatic carbocycles. The van der Waals surface area contributed by atoms with Crippen molar-refractivity contribution in [1.82, 2.24) is 19.1 Å². The normalized spacial score (nSPS) is 11.9. The monoisotopic (exact) mass is 652 g/mol. The maximum atomic E-state index is 6.35. The molecule has 0 spiro atoms. The second kappa shape index (κ2) is 10.8. The fourth-order valence-electron chi connectivity index (χ4n) is 7.92. The first kappa shape index (κ1) is 27.9. The minimum atomic E-state index is 0.609. The van der Waals surface area contributed by atoms with E-state index < -0.39 is 0 Å². The van der Waals surface area contributed by atoms with E-state index in [1.165, 1.54) is 27.4 Å². The first-order valence-corrected chi connectivity index (χ1v) is 17.2. The summed E-state index contributed by atoms with van der Waals surface area (Å²) in [5.74, 6) is 0.609. The van der Waals surface area contributed by atoms with E-state index >= 15 is 0 Å². The zero-order chi connectivity index (χ0) is 33.5. The Balaban J connectivity index is 1.12. The molecule has 0 radical (unpaired) electrons. The van der Waals surface area contributed by atoms with Gasteiger partial charge in [0, 0.05) is 32.5 Å². The standard InChI is InChI=1S/C46H28N4O/c1-2-12-29(13-3-1)30-22-24-36-35-17-7-11-21-41(35)50(42(36)27-30)46-47-28-44-45(48-46)37-26-31(23-25-43(37)51-44)32-14-4-8-18-38(32)49-39-19-9-5-15-33(39)34-16-6-10-20-40(34)49/h1-28H. The van der Waals surface area contributed by atoms with Crippen molar-refractivity contribution in [3.8, 4) is 33.9 Å². The smallest absolute Gasteiger partial charge is 0.235 e. The van der Waals surface area contributed by atoms with E-state index in [-0.39, 0.29) is 0 Å². The molecule has 11 rings (SSSR count). The van der Waals surface area contributed by atoms with Crippen molar-refractivity contribution in [2.75, 3.05) is 0 Å². The lowest BCUT2D eigenvalue weighted by Crippen LogP contribution is -2.00. The highest BCUT2D eigenvalue weighted by atomic mass is 16.3. The van der Waals surface area contributed by atoms with Crippen LogP contribution < -0.4 is 0 Å². The molecule has 0 N–H and O–H groups in total. The van der Waals surface area contributed by atoms with Crippen molar-refractivity contribution in [1.29, 1.82) is 0 Å². The van der Waals surface area contributed by atoms with Gasteiger partial charge in [-0.3, -0.25) is 4.57 Å². The lowest BCUT2D eigenvalue weighted by molar-refractivity contribution is 0.665. The Morgan fingerprint density at radius 1 is 0.412 bits per heavy atom. The summed E-state index contributed by atoms with van der Waals surface area (Å²) < 4.78 is 10.9. The molecule has 0 atom stereocenters. The number of nitrogens with zero attached hydrogens (tertiary/aromatic N) is 4. The molecule has 0 aliphatic heterocycles. The van der Waals surface area contributed by atoms with Crippen LogP contribution in [0.3, 0.4) is 0 Å². The van der Waals surface area contributed by atoms with Gasteiger partial charge in [-0.1, -0.05) is 121 Å². The van der Waals surface area contributed by atoms with Gasteiger partial charge in [0.25, 0.3) is 0 Å². The van der Waals surface area contributed by atoms with Crippen LogP contribution in [-0.4, -0.2) is 19.1 Å². The third-order valence-corrected chi connectivity index (χ3v) is 10.2. The number of benzene rings is 7. The maximum Gasteiger partial charge on any atom is 0.235 e. The number of fused-ring (bicyclic) bond motifs is 9. The maximum absolute atomic E-state index is 6.35. The van der Waals surface area contributed by atoms with E-state index in [2.05, 4.69) is 167 Å². The van der Waals surface area contributed by atoms with Gasteiger partial charge in [0.05, 0.1) is 34.0 Å². The van der Waals surface area contributed by atoms with Gasteiger partial charge < -0.3 is 8.98 Å². The summed E-state index contributed by atoms with van der Waals surface area (Å²) in [5, 5.41) is 5.76. The SMILES string of the molecule is c1ccc(-c2ccc3c4ccccc4n(-c4ncc5oc6ccc(-c7ccccc7-n7c8ccccc8c8ccccc87)cc6c5n4)c3c2)cc1. The van der Waals surface area contributed by atoms with Crippen LogP contribution in [0.1, 0.15) is 0 Å². The minimum absolute atomic E-state index is 0.609. The molecule has 4 heterocycles. The molecule has 0 unspecified atom stereocenters. The molecule has 51 heavy (non-hydrogen) atoms. The van der Waals surface area contributed by atoms with Crippen LogP contribution in [-0.2, 0) is 0 Å². The van der Waals surface area contributed by atoms with Crippen LogP contribution in [0.25, 0.3) is 99.6 Å². The molecule has 11 aromatic rings. The number of hydrogen-bond donors (Lipinski definition) is 0. The Hall–Kier alpha value is -6.98. The first-order chi connectivity index (χ1) is 25.3. The van der Waals surface area contributed by atoms with Crippen molar-refractivity contribution >= 4 is 65.7 Å². The molecular weight excluding hydrogens is 625 g/mol. The van der Waals surface area contributed by atoms with E-state index in [9.17, 15) is 0 Å². The van der Waals surface area contributed by atoms with E-state index in [4.69, 9.17) is 14.4 Å². The second-order valence-corrected chi connectivity index (χ2v) is 13.0. The Kier molecular flexibility index (Phi) is 5.89. The van der Waals surface area contributed by atoms with E-state index in [0.29, 0.717) is 11.5 Å². The summed E-state index contributed by atoms with van der Waals surface area (Å²) >= 11 is 0. The van der Waals surface area contributed by atoms with Gasteiger partial charge >= 0.3 is 0 Å². The number of rotatable bonds is 4. The first-order valence-electron chi connectivity index (χ1n) is 17.2. The van der Waals surface area contributed by atoms with Gasteiger partial charge in [-0.25, -0.2) is 9.97 Å². The average Bonchev–Trinajstić information content (AvgIpc) is 3.85. The lowest BCUT2D eigenvalue weighted by Gasteiger charge is -2.14. The molecule has 0 bridgehead atoms. The summed E-state index contributed by atoms with van der Waals surface area (Å²) in [6.45, 7) is 0. The zero-order valence-electron chi connectivity index (χ0n) is 27.4. The molecule has 0 saturated carbocycles. The highest BCUT2D eigenvalue weighted by Crippen LogP contribution is 2.39. The van der Waals surface area contributed by atoms with Crippen molar-refractivity contribution in [2.45, 2.75) is 0 Å². The third-order valence-electron chi connectivity index (χ3n) is 10.2. The van der Waals surface area contributed by atoms with Gasteiger partial charge in [-0.15, -0.1) is 0 Å². The van der Waals surface area contributed by atoms with Crippen molar-refractivity contribution in [3.63, 3.8) is 0 Å². The van der Waals surface area contributed by atoms with Crippen LogP contribution in [0.15, 0.2) is 174 Å². The molecule has 0 aliphatic rings. The number of aromatic nitrogens is 4. The fraction of sp³-hybridized carbons (Fsp3) is 0. The van der Waals surface area contributed by atoms with Crippen molar-refractivity contribution in [2.24, 2.45) is 0 Å². The highest BCUT2D eigenvalue weighted by molar-refractivity contribution is 6.11. The fourth-order valence-corrected chi connectivity index (χ4v) is 7.92. The minimum Gasteiger partial charge on any atom is -0.453 e. The predicted molar refractivity (Wildman–Crippen MR) is 209 cm³/mol. The van der Waals surface area contributed by atoms with Gasteiger partial charge in [-0.2, -0.15) is 0 Å². The van der Waals surface area contributed by atoms with E-state index in [1.807, 2.05) is 12.3 Å². The summed E-state index contributed by atoms with van der Waals surface area (Å²) in [4.78, 5) is 10.1. The molecule has 5 nitrogen and oxygen atoms in total. The molecule has 0 saturated heterocycles. The summed E-state index contributed by atoms with van der Waals surface area (Å²) in [6.07, 6.45) is 1.81. The Morgan fingerprint density at radius 3 is 1.76 bits per heavy atom. The van der Waals surface area contributed by atoms with Crippen LogP contribution in [0.2, 0.25) is 0 Å². The number of hydrogen-bond acceptors (Lipinski definition) is 3. The van der Waals surface area contributed by atoms with Crippen LogP contribution in [0.5, 0.6) is 0 Å². The Labute approximate surface area is 292 Å². The molecule has 4 aromatic heterocycles. The largest absolute Gasteiger partial charge is 0.453 e. The molecular formula is C46H28N4O. The predicted octanol–water partition coefficient (Wildman–Crippen LogP) is 11.9. The molecule has 7 aromatic carbocycles. The van der Waals surface area contributed by atoms with Gasteiger partial charge in [0.2, 0.25) is 5.95 Å². The van der Waals surface area contributed by atoms with E-state index in [0.717, 1.165) is 60.7 Å². The highest BCUT2D eigenvalue weighted by Gasteiger charge is 2.19. The van der Waals surface area contributed by atoms with Crippen LogP contribution in [0.4, 0.5) is 0 Å². The van der Waals surface area contributed by atoms with Crippen molar-refractivity contribution in [3.05, 3.63) is 170 Å². The van der Waals surface area contributed by atoms with Crippen LogP contribution in [0, 0.1) is 0 Å². The van der Waals surface area contributed by atoms with Gasteiger partial charge in [-0.05, 0) is 59.2 Å². The summed E-state index contributed by atoms with van der Waals surface area (Å²) in [5.41, 5.74) is 12.4. The lowest BCUT2D eigenvalue weighted by atomic mass is 10.0. The molecule has 5 heteroatoms. The molecule has 238 valence electrons. The van der Waals surface area contributed by atoms with Crippen molar-refractivity contribution < 1.29 is 4.42 Å². The summed E-state index contributed by atoms with van der Waals surface area (Å²) in [6, 6.07) is 57.9. The number of para-hydroxylation sites is 4. The Morgan fingerprint density at radius 2 is 1.02 bits per heavy atom. The topological polar surface area (TPSA) is 48.8 Å². The third kappa shape index (κ3) is 4.15. The molecule has 0 fully saturated rings. The number of furan rings is 1. The summed E-state index contributed by atoms with van der Waals surface area (Å²) in [7, 11) is 0. The Bertz CT molecular complexity index is 3090. The second-order valence-electron chi connectivity index (χ2n) is 13.0. The average molecular weight is 653 g/mol.